The number of nitrogens with one attached hydrogen (secondary N) is 1. The first-order valence-electron chi connectivity index (χ1n) is 7.89. The number of hydrogen-bond acceptors (Lipinski definition) is 3. The molecule has 2 rings (SSSR count). The van der Waals surface area contributed by atoms with E-state index < -0.39 is 23.6 Å². The molecule has 0 radical (unpaired) electrons. The highest BCUT2D eigenvalue weighted by Crippen LogP contribution is 2.30. The van der Waals surface area contributed by atoms with Crippen molar-refractivity contribution in [2.75, 3.05) is 11.9 Å². The van der Waals surface area contributed by atoms with Crippen LogP contribution in [0.25, 0.3) is 0 Å². The number of esters is 1. The zero-order chi connectivity index (χ0) is 19.6. The lowest BCUT2D eigenvalue weighted by molar-refractivity contribution is -0.137. The Morgan fingerprint density at radius 3 is 2.23 bits per heavy atom. The van der Waals surface area contributed by atoms with E-state index in [2.05, 4.69) is 5.32 Å². The van der Waals surface area contributed by atoms with E-state index >= 15 is 0 Å². The van der Waals surface area contributed by atoms with Gasteiger partial charge in [0.1, 0.15) is 5.69 Å². The molecule has 1 aromatic carbocycles. The van der Waals surface area contributed by atoms with Crippen molar-refractivity contribution in [1.29, 1.82) is 0 Å². The molecule has 5 nitrogen and oxygen atoms in total. The average Bonchev–Trinajstić information content (AvgIpc) is 2.77. The molecule has 1 aromatic heterocycles. The number of aromatic nitrogens is 1. The van der Waals surface area contributed by atoms with Crippen LogP contribution in [0.1, 0.15) is 44.6 Å². The highest BCUT2D eigenvalue weighted by atomic mass is 19.4. The fourth-order valence-electron chi connectivity index (χ4n) is 2.74. The minimum absolute atomic E-state index is 0.204. The zero-order valence-electron chi connectivity index (χ0n) is 14.8. The lowest BCUT2D eigenvalue weighted by atomic mass is 10.1. The molecular weight excluding hydrogens is 349 g/mol. The van der Waals surface area contributed by atoms with Crippen molar-refractivity contribution in [2.45, 2.75) is 26.9 Å². The van der Waals surface area contributed by atoms with Gasteiger partial charge in [-0.25, -0.2) is 4.79 Å². The predicted octanol–water partition coefficient (Wildman–Crippen LogP) is 4.09. The van der Waals surface area contributed by atoms with E-state index in [1.807, 2.05) is 0 Å². The van der Waals surface area contributed by atoms with Gasteiger partial charge in [0.15, 0.2) is 0 Å². The monoisotopic (exact) mass is 368 g/mol. The Morgan fingerprint density at radius 2 is 1.73 bits per heavy atom. The van der Waals surface area contributed by atoms with Crippen molar-refractivity contribution >= 4 is 17.6 Å². The number of benzene rings is 1. The van der Waals surface area contributed by atoms with E-state index in [0.29, 0.717) is 11.3 Å². The van der Waals surface area contributed by atoms with Gasteiger partial charge in [0, 0.05) is 18.4 Å². The standard InChI is InChI=1S/C18H19F3N2O3/c1-5-26-17(25)15-10(2)14(11(3)23(15)4)16(24)22-13-8-6-12(7-9-13)18(19,20)21/h6-9H,5H2,1-4H3,(H,22,24). The third kappa shape index (κ3) is 3.74. The van der Waals surface area contributed by atoms with E-state index in [-0.39, 0.29) is 23.6 Å². The molecule has 0 unspecified atom stereocenters. The summed E-state index contributed by atoms with van der Waals surface area (Å²) in [5.41, 5.74) is 0.982. The first-order valence-corrected chi connectivity index (χ1v) is 7.89. The van der Waals surface area contributed by atoms with Gasteiger partial charge >= 0.3 is 12.1 Å². The molecule has 1 N–H and O–H groups in total. The van der Waals surface area contributed by atoms with Gasteiger partial charge in [-0.2, -0.15) is 13.2 Å². The lowest BCUT2D eigenvalue weighted by Crippen LogP contribution is -2.14. The van der Waals surface area contributed by atoms with Crippen LogP contribution in [0.15, 0.2) is 24.3 Å². The highest BCUT2D eigenvalue weighted by Gasteiger charge is 2.30. The Balaban J connectivity index is 2.30. The fraction of sp³-hybridized carbons (Fsp3) is 0.333. The van der Waals surface area contributed by atoms with E-state index in [0.717, 1.165) is 12.1 Å². The number of halogens is 3. The van der Waals surface area contributed by atoms with E-state index in [1.165, 1.54) is 12.1 Å². The lowest BCUT2D eigenvalue weighted by Gasteiger charge is -2.09. The van der Waals surface area contributed by atoms with Crippen LogP contribution >= 0.6 is 0 Å². The molecule has 26 heavy (non-hydrogen) atoms. The van der Waals surface area contributed by atoms with Gasteiger partial charge < -0.3 is 14.6 Å². The fourth-order valence-corrected chi connectivity index (χ4v) is 2.74. The third-order valence-corrected chi connectivity index (χ3v) is 4.10. The summed E-state index contributed by atoms with van der Waals surface area (Å²) in [5, 5.41) is 2.56. The Morgan fingerprint density at radius 1 is 1.15 bits per heavy atom. The van der Waals surface area contributed by atoms with Crippen molar-refractivity contribution in [1.82, 2.24) is 4.57 Å². The topological polar surface area (TPSA) is 60.3 Å². The molecule has 0 fully saturated rings. The maximum atomic E-state index is 12.6. The maximum Gasteiger partial charge on any atom is 0.416 e. The van der Waals surface area contributed by atoms with Gasteiger partial charge in [0.2, 0.25) is 0 Å². The minimum Gasteiger partial charge on any atom is -0.461 e. The summed E-state index contributed by atoms with van der Waals surface area (Å²) >= 11 is 0. The van der Waals surface area contributed by atoms with Crippen LogP contribution in [-0.4, -0.2) is 23.1 Å². The van der Waals surface area contributed by atoms with Crippen molar-refractivity contribution < 1.29 is 27.5 Å². The van der Waals surface area contributed by atoms with Crippen LogP contribution in [0, 0.1) is 13.8 Å². The molecule has 0 aliphatic heterocycles. The second-order valence-corrected chi connectivity index (χ2v) is 5.74. The molecule has 0 saturated heterocycles. The van der Waals surface area contributed by atoms with E-state index in [4.69, 9.17) is 4.74 Å². The predicted molar refractivity (Wildman–Crippen MR) is 90.2 cm³/mol. The van der Waals surface area contributed by atoms with Crippen LogP contribution in [0.4, 0.5) is 18.9 Å². The number of alkyl halides is 3. The number of nitrogens with zero attached hydrogens (tertiary/aromatic N) is 1. The number of anilines is 1. The van der Waals surface area contributed by atoms with Crippen molar-refractivity contribution in [3.8, 4) is 0 Å². The second-order valence-electron chi connectivity index (χ2n) is 5.74. The summed E-state index contributed by atoms with van der Waals surface area (Å²) in [4.78, 5) is 24.7. The summed E-state index contributed by atoms with van der Waals surface area (Å²) < 4.78 is 44.4. The number of hydrogen-bond donors (Lipinski definition) is 1. The van der Waals surface area contributed by atoms with Crippen LogP contribution in [-0.2, 0) is 18.0 Å². The number of carbonyl (C=O) groups is 2. The molecule has 0 aliphatic rings. The summed E-state index contributed by atoms with van der Waals surface area (Å²) in [6.07, 6.45) is -4.44. The van der Waals surface area contributed by atoms with Gasteiger partial charge in [-0.3, -0.25) is 4.79 Å². The molecule has 8 heteroatoms. The smallest absolute Gasteiger partial charge is 0.416 e. The molecule has 0 aliphatic carbocycles. The van der Waals surface area contributed by atoms with Crippen molar-refractivity contribution in [2.24, 2.45) is 7.05 Å². The summed E-state index contributed by atoms with van der Waals surface area (Å²) in [5.74, 6) is -1.05. The largest absolute Gasteiger partial charge is 0.461 e. The summed E-state index contributed by atoms with van der Waals surface area (Å²) in [6, 6.07) is 4.15. The zero-order valence-corrected chi connectivity index (χ0v) is 14.8. The summed E-state index contributed by atoms with van der Waals surface area (Å²) in [7, 11) is 1.64. The first kappa shape index (κ1) is 19.6. The molecule has 1 amide bonds. The summed E-state index contributed by atoms with van der Waals surface area (Å²) in [6.45, 7) is 5.19. The molecule has 0 bridgehead atoms. The number of amides is 1. The molecule has 0 atom stereocenters. The Hall–Kier alpha value is -2.77. The van der Waals surface area contributed by atoms with Gasteiger partial charge in [-0.15, -0.1) is 0 Å². The Bertz CT molecular complexity index is 837. The normalized spacial score (nSPS) is 11.3. The third-order valence-electron chi connectivity index (χ3n) is 4.10. The quantitative estimate of drug-likeness (QED) is 0.827. The van der Waals surface area contributed by atoms with Crippen LogP contribution in [0.3, 0.4) is 0 Å². The molecular formula is C18H19F3N2O3. The van der Waals surface area contributed by atoms with Gasteiger partial charge in [-0.1, -0.05) is 0 Å². The highest BCUT2D eigenvalue weighted by molar-refractivity contribution is 6.08. The Labute approximate surface area is 148 Å². The SMILES string of the molecule is CCOC(=O)c1c(C)c(C(=O)Nc2ccc(C(F)(F)F)cc2)c(C)n1C. The number of carbonyl (C=O) groups excluding carboxylic acids is 2. The van der Waals surface area contributed by atoms with Gasteiger partial charge in [0.05, 0.1) is 17.7 Å². The van der Waals surface area contributed by atoms with Crippen LogP contribution < -0.4 is 5.32 Å². The van der Waals surface area contributed by atoms with Gasteiger partial charge in [0.25, 0.3) is 5.91 Å². The Kier molecular flexibility index (Phi) is 5.44. The van der Waals surface area contributed by atoms with E-state index in [9.17, 15) is 22.8 Å². The number of ether oxygens (including phenoxy) is 1. The van der Waals surface area contributed by atoms with Crippen LogP contribution in [0.5, 0.6) is 0 Å². The maximum absolute atomic E-state index is 12.6. The van der Waals surface area contributed by atoms with E-state index in [1.54, 1.807) is 32.4 Å². The average molecular weight is 368 g/mol. The molecule has 0 spiro atoms. The minimum atomic E-state index is -4.44. The van der Waals surface area contributed by atoms with Crippen LogP contribution in [0.2, 0.25) is 0 Å². The molecule has 140 valence electrons. The molecule has 0 saturated carbocycles. The number of rotatable bonds is 4. The molecule has 2 aromatic rings. The van der Waals surface area contributed by atoms with Gasteiger partial charge in [-0.05, 0) is 50.6 Å². The molecule has 1 heterocycles. The first-order chi connectivity index (χ1) is 12.1. The second kappa shape index (κ2) is 7.23. The van der Waals surface area contributed by atoms with Crippen molar-refractivity contribution in [3.63, 3.8) is 0 Å². The van der Waals surface area contributed by atoms with Crippen molar-refractivity contribution in [3.05, 3.63) is 52.3 Å².